The Hall–Kier alpha value is -1.92. The number of nitrogens with one attached hydrogen (secondary N) is 1. The Morgan fingerprint density at radius 3 is 1.07 bits per heavy atom. The molecule has 0 aliphatic heterocycles. The van der Waals surface area contributed by atoms with Crippen molar-refractivity contribution < 1.29 is 24.5 Å². The minimum atomic E-state index is -0.847. The SMILES string of the molecule is CCCCCC/C=C\C/C=C\CCCCCCCCCC(=O)OCCCCCCCCCCCCCCCCCCCCCC(=O)NC(CO)C(O)/C=C/CCCCCCCCCCCCCCCCCC. The van der Waals surface area contributed by atoms with Crippen LogP contribution in [-0.2, 0) is 14.3 Å². The van der Waals surface area contributed by atoms with E-state index in [1.54, 1.807) is 6.08 Å². The van der Waals surface area contributed by atoms with Crippen molar-refractivity contribution in [3.63, 3.8) is 0 Å². The first kappa shape index (κ1) is 70.1. The van der Waals surface area contributed by atoms with Crippen LogP contribution in [0.1, 0.15) is 348 Å². The highest BCUT2D eigenvalue weighted by Crippen LogP contribution is 2.18. The highest BCUT2D eigenvalue weighted by atomic mass is 16.5. The number of hydrogen-bond donors (Lipinski definition) is 3. The summed E-state index contributed by atoms with van der Waals surface area (Å²) in [6, 6.07) is -0.631. The first-order chi connectivity index (χ1) is 35.5. The molecule has 1 amide bonds. The summed E-state index contributed by atoms with van der Waals surface area (Å²) in [5.41, 5.74) is 0. The van der Waals surface area contributed by atoms with E-state index in [1.807, 2.05) is 6.08 Å². The highest BCUT2D eigenvalue weighted by Gasteiger charge is 2.18. The van der Waals surface area contributed by atoms with Crippen molar-refractivity contribution in [2.45, 2.75) is 360 Å². The maximum atomic E-state index is 12.5. The van der Waals surface area contributed by atoms with Gasteiger partial charge in [0.2, 0.25) is 5.91 Å². The lowest BCUT2D eigenvalue weighted by Gasteiger charge is -2.20. The van der Waals surface area contributed by atoms with Crippen LogP contribution in [0.25, 0.3) is 0 Å². The summed E-state index contributed by atoms with van der Waals surface area (Å²) in [6.07, 6.45) is 77.5. The van der Waals surface area contributed by atoms with Gasteiger partial charge in [-0.3, -0.25) is 9.59 Å². The molecule has 6 heteroatoms. The maximum absolute atomic E-state index is 12.5. The summed E-state index contributed by atoms with van der Waals surface area (Å²) < 4.78 is 5.49. The van der Waals surface area contributed by atoms with Gasteiger partial charge in [-0.05, 0) is 64.2 Å². The Morgan fingerprint density at radius 1 is 0.389 bits per heavy atom. The van der Waals surface area contributed by atoms with E-state index in [1.165, 1.54) is 270 Å². The molecular formula is C66H125NO5. The first-order valence-electron chi connectivity index (χ1n) is 32.3. The summed E-state index contributed by atoms with van der Waals surface area (Å²) in [6.45, 7) is 4.90. The number of aliphatic hydroxyl groups is 2. The van der Waals surface area contributed by atoms with Gasteiger partial charge in [0, 0.05) is 12.8 Å². The molecule has 72 heavy (non-hydrogen) atoms. The van der Waals surface area contributed by atoms with Gasteiger partial charge in [-0.1, -0.05) is 307 Å². The summed E-state index contributed by atoms with van der Waals surface area (Å²) in [5.74, 6) is -0.0674. The van der Waals surface area contributed by atoms with Crippen LogP contribution in [0.4, 0.5) is 0 Å². The van der Waals surface area contributed by atoms with Gasteiger partial charge in [-0.2, -0.15) is 0 Å². The Balaban J connectivity index is 3.42. The van der Waals surface area contributed by atoms with E-state index in [2.05, 4.69) is 43.5 Å². The number of carbonyl (C=O) groups excluding carboxylic acids is 2. The number of unbranched alkanes of at least 4 members (excludes halogenated alkanes) is 45. The van der Waals surface area contributed by atoms with Crippen LogP contribution in [0.5, 0.6) is 0 Å². The Morgan fingerprint density at radius 2 is 0.694 bits per heavy atom. The number of amides is 1. The number of esters is 1. The fourth-order valence-electron chi connectivity index (χ4n) is 9.96. The molecule has 0 rings (SSSR count). The predicted octanol–water partition coefficient (Wildman–Crippen LogP) is 20.4. The van der Waals surface area contributed by atoms with Crippen molar-refractivity contribution in [2.24, 2.45) is 0 Å². The van der Waals surface area contributed by atoms with Crippen LogP contribution in [0.15, 0.2) is 36.5 Å². The van der Waals surface area contributed by atoms with Crippen molar-refractivity contribution in [1.82, 2.24) is 5.32 Å². The van der Waals surface area contributed by atoms with Crippen LogP contribution < -0.4 is 5.32 Å². The summed E-state index contributed by atoms with van der Waals surface area (Å²) in [4.78, 5) is 24.6. The number of rotatable bonds is 60. The molecule has 0 aromatic rings. The number of allylic oxidation sites excluding steroid dienone is 5. The zero-order valence-electron chi connectivity index (χ0n) is 48.4. The average molecular weight is 1010 g/mol. The number of ether oxygens (including phenoxy) is 1. The minimum Gasteiger partial charge on any atom is -0.466 e. The van der Waals surface area contributed by atoms with Crippen LogP contribution >= 0.6 is 0 Å². The molecule has 0 aliphatic carbocycles. The van der Waals surface area contributed by atoms with Crippen LogP contribution in [0.2, 0.25) is 0 Å². The average Bonchev–Trinajstić information content (AvgIpc) is 3.38. The van der Waals surface area contributed by atoms with E-state index in [4.69, 9.17) is 4.74 Å². The van der Waals surface area contributed by atoms with Gasteiger partial charge in [-0.15, -0.1) is 0 Å². The second-order valence-corrected chi connectivity index (χ2v) is 22.1. The molecule has 0 saturated carbocycles. The van der Waals surface area contributed by atoms with E-state index in [0.717, 1.165) is 51.4 Å². The number of hydrogen-bond acceptors (Lipinski definition) is 5. The Bertz CT molecular complexity index is 1170. The second kappa shape index (κ2) is 61.6. The van der Waals surface area contributed by atoms with Crippen molar-refractivity contribution in [3.8, 4) is 0 Å². The Labute approximate surface area is 449 Å². The Kier molecular flexibility index (Phi) is 60.0. The molecule has 3 N–H and O–H groups in total. The largest absolute Gasteiger partial charge is 0.466 e. The number of carbonyl (C=O) groups is 2. The van der Waals surface area contributed by atoms with Crippen molar-refractivity contribution in [1.29, 1.82) is 0 Å². The molecule has 0 bridgehead atoms. The van der Waals surface area contributed by atoms with Gasteiger partial charge in [0.25, 0.3) is 0 Å². The molecule has 0 spiro atoms. The molecule has 2 atom stereocenters. The molecule has 0 radical (unpaired) electrons. The molecule has 0 fully saturated rings. The fourth-order valence-corrected chi connectivity index (χ4v) is 9.96. The molecular weight excluding hydrogens is 887 g/mol. The zero-order valence-corrected chi connectivity index (χ0v) is 48.4. The van der Waals surface area contributed by atoms with Crippen molar-refractivity contribution in [2.75, 3.05) is 13.2 Å². The highest BCUT2D eigenvalue weighted by molar-refractivity contribution is 5.76. The fraction of sp³-hybridized carbons (Fsp3) is 0.879. The zero-order chi connectivity index (χ0) is 52.2. The van der Waals surface area contributed by atoms with Gasteiger partial charge in [-0.25, -0.2) is 0 Å². The molecule has 0 heterocycles. The molecule has 0 aromatic heterocycles. The van der Waals surface area contributed by atoms with Gasteiger partial charge in [0.05, 0.1) is 25.4 Å². The summed E-state index contributed by atoms with van der Waals surface area (Å²) in [5, 5.41) is 23.2. The van der Waals surface area contributed by atoms with E-state index in [0.29, 0.717) is 19.4 Å². The molecule has 0 aromatic carbocycles. The van der Waals surface area contributed by atoms with E-state index < -0.39 is 12.1 Å². The van der Waals surface area contributed by atoms with Gasteiger partial charge in [0.1, 0.15) is 0 Å². The van der Waals surface area contributed by atoms with Gasteiger partial charge >= 0.3 is 5.97 Å². The molecule has 2 unspecified atom stereocenters. The van der Waals surface area contributed by atoms with Crippen LogP contribution in [0, 0.1) is 0 Å². The van der Waals surface area contributed by atoms with Crippen LogP contribution in [0.3, 0.4) is 0 Å². The van der Waals surface area contributed by atoms with E-state index >= 15 is 0 Å². The minimum absolute atomic E-state index is 0.00131. The second-order valence-electron chi connectivity index (χ2n) is 22.1. The maximum Gasteiger partial charge on any atom is 0.305 e. The lowest BCUT2D eigenvalue weighted by atomic mass is 10.0. The third-order valence-electron chi connectivity index (χ3n) is 14.9. The molecule has 0 aliphatic rings. The van der Waals surface area contributed by atoms with E-state index in [-0.39, 0.29) is 18.5 Å². The van der Waals surface area contributed by atoms with Crippen molar-refractivity contribution >= 4 is 11.9 Å². The summed E-state index contributed by atoms with van der Waals surface area (Å²) >= 11 is 0. The standard InChI is InChI=1S/C66H125NO5/c1-3-5-7-9-11-13-15-17-19-21-26-30-34-38-42-46-50-54-58-64(69)63(62-68)67-65(70)59-55-51-47-43-39-35-31-27-24-23-25-29-33-37-41-45-49-53-57-61-72-66(71)60-56-52-48-44-40-36-32-28-22-20-18-16-14-12-10-8-6-4-2/h14,16,20,22,54,58,63-64,68-69H,3-13,15,17-19,21,23-53,55-57,59-62H2,1-2H3,(H,67,70)/b16-14-,22-20-,58-54+. The van der Waals surface area contributed by atoms with Gasteiger partial charge in [0.15, 0.2) is 0 Å². The third kappa shape index (κ3) is 57.4. The quantitative estimate of drug-likeness (QED) is 0.0320. The number of aliphatic hydroxyl groups excluding tert-OH is 2. The lowest BCUT2D eigenvalue weighted by molar-refractivity contribution is -0.143. The first-order valence-corrected chi connectivity index (χ1v) is 32.3. The van der Waals surface area contributed by atoms with Crippen molar-refractivity contribution in [3.05, 3.63) is 36.5 Å². The molecule has 6 nitrogen and oxygen atoms in total. The third-order valence-corrected chi connectivity index (χ3v) is 14.9. The smallest absolute Gasteiger partial charge is 0.305 e. The monoisotopic (exact) mass is 1010 g/mol. The van der Waals surface area contributed by atoms with Crippen LogP contribution in [-0.4, -0.2) is 47.4 Å². The lowest BCUT2D eigenvalue weighted by Crippen LogP contribution is -2.45. The molecule has 424 valence electrons. The predicted molar refractivity (Wildman–Crippen MR) is 315 cm³/mol. The van der Waals surface area contributed by atoms with E-state index in [9.17, 15) is 19.8 Å². The molecule has 0 saturated heterocycles. The van der Waals surface area contributed by atoms with Gasteiger partial charge < -0.3 is 20.3 Å². The normalized spacial score (nSPS) is 12.8. The topological polar surface area (TPSA) is 95.9 Å². The summed E-state index contributed by atoms with van der Waals surface area (Å²) in [7, 11) is 0.